The maximum Gasteiger partial charge on any atom is 0.317 e. The van der Waals surface area contributed by atoms with Gasteiger partial charge in [0, 0.05) is 57.0 Å². The highest BCUT2D eigenvalue weighted by molar-refractivity contribution is 5.74. The first kappa shape index (κ1) is 15.3. The number of piperazine rings is 1. The summed E-state index contributed by atoms with van der Waals surface area (Å²) in [7, 11) is 0. The van der Waals surface area contributed by atoms with E-state index in [1.807, 2.05) is 28.8 Å². The second kappa shape index (κ2) is 7.08. The molecule has 0 saturated carbocycles. The molecule has 8 heteroatoms. The molecule has 1 saturated heterocycles. The van der Waals surface area contributed by atoms with E-state index in [0.717, 1.165) is 18.9 Å². The van der Waals surface area contributed by atoms with Gasteiger partial charge in [-0.2, -0.15) is 5.10 Å². The third-order valence-electron chi connectivity index (χ3n) is 3.83. The Morgan fingerprint density at radius 1 is 1.26 bits per heavy atom. The lowest BCUT2D eigenvalue weighted by Crippen LogP contribution is -2.53. The average Bonchev–Trinajstić information content (AvgIpc) is 3.08. The zero-order chi connectivity index (χ0) is 16.1. The molecule has 1 fully saturated rings. The Labute approximate surface area is 135 Å². The predicted molar refractivity (Wildman–Crippen MR) is 86.0 cm³/mol. The monoisotopic (exact) mass is 315 g/mol. The number of anilines is 1. The van der Waals surface area contributed by atoms with Crippen LogP contribution in [0.25, 0.3) is 0 Å². The van der Waals surface area contributed by atoms with E-state index in [1.54, 1.807) is 24.8 Å². The molecule has 3 heterocycles. The molecule has 8 nitrogen and oxygen atoms in total. The van der Waals surface area contributed by atoms with Crippen LogP contribution in [-0.4, -0.2) is 62.9 Å². The molecule has 23 heavy (non-hydrogen) atoms. The van der Waals surface area contributed by atoms with Gasteiger partial charge in [0.15, 0.2) is 0 Å². The van der Waals surface area contributed by atoms with Crippen LogP contribution >= 0.6 is 0 Å². The molecule has 122 valence electrons. The van der Waals surface area contributed by atoms with Crippen LogP contribution in [0.1, 0.15) is 6.92 Å². The average molecular weight is 315 g/mol. The van der Waals surface area contributed by atoms with Crippen LogP contribution in [0.15, 0.2) is 37.1 Å². The van der Waals surface area contributed by atoms with Gasteiger partial charge >= 0.3 is 6.03 Å². The molecule has 0 radical (unpaired) electrons. The van der Waals surface area contributed by atoms with Crippen LogP contribution in [0.3, 0.4) is 0 Å². The van der Waals surface area contributed by atoms with Crippen LogP contribution in [0.4, 0.5) is 10.6 Å². The lowest BCUT2D eigenvalue weighted by atomic mass is 10.3. The number of carbonyl (C=O) groups is 1. The summed E-state index contributed by atoms with van der Waals surface area (Å²) in [4.78, 5) is 24.7. The zero-order valence-corrected chi connectivity index (χ0v) is 13.2. The van der Waals surface area contributed by atoms with Crippen molar-refractivity contribution in [3.8, 4) is 0 Å². The second-order valence-corrected chi connectivity index (χ2v) is 5.62. The van der Waals surface area contributed by atoms with Crippen LogP contribution < -0.4 is 10.2 Å². The molecule has 2 aromatic rings. The van der Waals surface area contributed by atoms with Crippen LogP contribution in [-0.2, 0) is 6.54 Å². The smallest absolute Gasteiger partial charge is 0.317 e. The van der Waals surface area contributed by atoms with E-state index >= 15 is 0 Å². The molecular weight excluding hydrogens is 294 g/mol. The summed E-state index contributed by atoms with van der Waals surface area (Å²) >= 11 is 0. The lowest BCUT2D eigenvalue weighted by molar-refractivity contribution is 0.189. The van der Waals surface area contributed by atoms with Crippen LogP contribution in [0, 0.1) is 0 Å². The summed E-state index contributed by atoms with van der Waals surface area (Å²) in [5.74, 6) is 0.861. The minimum atomic E-state index is -0.0246. The van der Waals surface area contributed by atoms with E-state index in [4.69, 9.17) is 0 Å². The molecule has 1 N–H and O–H groups in total. The van der Waals surface area contributed by atoms with Crippen molar-refractivity contribution in [2.45, 2.75) is 19.5 Å². The Balaban J connectivity index is 1.46. The molecule has 3 rings (SSSR count). The first-order chi connectivity index (χ1) is 11.2. The number of carbonyl (C=O) groups excluding carboxylic acids is 1. The number of hydrogen-bond acceptors (Lipinski definition) is 5. The first-order valence-electron chi connectivity index (χ1n) is 7.76. The van der Waals surface area contributed by atoms with Crippen molar-refractivity contribution in [1.29, 1.82) is 0 Å². The lowest BCUT2D eigenvalue weighted by Gasteiger charge is -2.35. The van der Waals surface area contributed by atoms with E-state index in [1.165, 1.54) is 0 Å². The third kappa shape index (κ3) is 3.97. The SMILES string of the molecule is C[C@H](Cn1cccn1)NC(=O)N1CCN(c2cnccn2)CC1. The van der Waals surface area contributed by atoms with Crippen molar-refractivity contribution >= 4 is 11.8 Å². The van der Waals surface area contributed by atoms with E-state index in [2.05, 4.69) is 25.3 Å². The molecular formula is C15H21N7O. The highest BCUT2D eigenvalue weighted by atomic mass is 16.2. The van der Waals surface area contributed by atoms with Gasteiger partial charge in [0.25, 0.3) is 0 Å². The Hall–Kier alpha value is -2.64. The van der Waals surface area contributed by atoms with Crippen LogP contribution in [0.2, 0.25) is 0 Å². The highest BCUT2D eigenvalue weighted by Crippen LogP contribution is 2.11. The Kier molecular flexibility index (Phi) is 4.70. The van der Waals surface area contributed by atoms with Crippen molar-refractivity contribution in [3.63, 3.8) is 0 Å². The Bertz CT molecular complexity index is 608. The largest absolute Gasteiger partial charge is 0.352 e. The van der Waals surface area contributed by atoms with Gasteiger partial charge in [0.1, 0.15) is 5.82 Å². The number of rotatable bonds is 4. The summed E-state index contributed by atoms with van der Waals surface area (Å²) in [6.07, 6.45) is 8.73. The van der Waals surface area contributed by atoms with E-state index in [-0.39, 0.29) is 12.1 Å². The molecule has 0 aliphatic carbocycles. The number of nitrogens with one attached hydrogen (secondary N) is 1. The van der Waals surface area contributed by atoms with Gasteiger partial charge in [-0.1, -0.05) is 0 Å². The van der Waals surface area contributed by atoms with E-state index < -0.39 is 0 Å². The molecule has 1 aliphatic rings. The van der Waals surface area contributed by atoms with Gasteiger partial charge in [0.2, 0.25) is 0 Å². The van der Waals surface area contributed by atoms with E-state index in [9.17, 15) is 4.79 Å². The minimum absolute atomic E-state index is 0.0246. The summed E-state index contributed by atoms with van der Waals surface area (Å²) < 4.78 is 1.82. The Morgan fingerprint density at radius 3 is 2.74 bits per heavy atom. The number of hydrogen-bond donors (Lipinski definition) is 1. The van der Waals surface area contributed by atoms with Crippen molar-refractivity contribution in [1.82, 2.24) is 30.0 Å². The van der Waals surface area contributed by atoms with Gasteiger partial charge < -0.3 is 15.1 Å². The topological polar surface area (TPSA) is 79.2 Å². The maximum atomic E-state index is 12.3. The predicted octanol–water partition coefficient (Wildman–Crippen LogP) is 0.593. The van der Waals surface area contributed by atoms with Crippen molar-refractivity contribution in [3.05, 3.63) is 37.1 Å². The highest BCUT2D eigenvalue weighted by Gasteiger charge is 2.22. The van der Waals surface area contributed by atoms with Gasteiger partial charge in [-0.15, -0.1) is 0 Å². The summed E-state index contributed by atoms with van der Waals surface area (Å²) in [5.41, 5.74) is 0. The number of nitrogens with zero attached hydrogens (tertiary/aromatic N) is 6. The minimum Gasteiger partial charge on any atom is -0.352 e. The number of aromatic nitrogens is 4. The molecule has 2 aromatic heterocycles. The maximum absolute atomic E-state index is 12.3. The zero-order valence-electron chi connectivity index (χ0n) is 13.2. The molecule has 0 spiro atoms. The molecule has 0 bridgehead atoms. The fourth-order valence-electron chi connectivity index (χ4n) is 2.63. The summed E-state index contributed by atoms with van der Waals surface area (Å²) in [6, 6.07) is 1.88. The molecule has 1 atom stereocenters. The fourth-order valence-corrected chi connectivity index (χ4v) is 2.63. The quantitative estimate of drug-likeness (QED) is 0.893. The molecule has 0 aromatic carbocycles. The van der Waals surface area contributed by atoms with Crippen molar-refractivity contribution in [2.75, 3.05) is 31.1 Å². The van der Waals surface area contributed by atoms with Gasteiger partial charge in [0.05, 0.1) is 12.7 Å². The summed E-state index contributed by atoms with van der Waals surface area (Å²) in [6.45, 7) is 5.53. The Morgan fingerprint density at radius 2 is 2.09 bits per heavy atom. The number of amides is 2. The summed E-state index contributed by atoms with van der Waals surface area (Å²) in [5, 5.41) is 7.17. The third-order valence-corrected chi connectivity index (χ3v) is 3.83. The molecule has 2 amide bonds. The van der Waals surface area contributed by atoms with E-state index in [0.29, 0.717) is 19.6 Å². The van der Waals surface area contributed by atoms with Crippen molar-refractivity contribution in [2.24, 2.45) is 0 Å². The molecule has 1 aliphatic heterocycles. The van der Waals surface area contributed by atoms with Gasteiger partial charge in [-0.25, -0.2) is 9.78 Å². The fraction of sp³-hybridized carbons (Fsp3) is 0.467. The standard InChI is InChI=1S/C15H21N7O/c1-13(12-22-6-2-3-18-22)19-15(23)21-9-7-20(8-10-21)14-11-16-4-5-17-14/h2-6,11,13H,7-10,12H2,1H3,(H,19,23)/t13-/m1/s1. The van der Waals surface area contributed by atoms with Crippen molar-refractivity contribution < 1.29 is 4.79 Å². The normalized spacial score (nSPS) is 16.2. The first-order valence-corrected chi connectivity index (χ1v) is 7.76. The van der Waals surface area contributed by atoms with Gasteiger partial charge in [-0.3, -0.25) is 9.67 Å². The number of urea groups is 1. The molecule has 0 unspecified atom stereocenters. The van der Waals surface area contributed by atoms with Crippen LogP contribution in [0.5, 0.6) is 0 Å². The van der Waals surface area contributed by atoms with Gasteiger partial charge in [-0.05, 0) is 13.0 Å². The second-order valence-electron chi connectivity index (χ2n) is 5.62.